The van der Waals surface area contributed by atoms with E-state index in [1.54, 1.807) is 23.0 Å². The third kappa shape index (κ3) is 5.21. The van der Waals surface area contributed by atoms with Gasteiger partial charge >= 0.3 is 0 Å². The highest BCUT2D eigenvalue weighted by Gasteiger charge is 2.35. The standard InChI is InChI=1S/C25H34N4O3/c1-17-9-10-18-19(16-32-21(18)15-17)23(30)28(5)13-7-8-14-29(6)24(31)22(25(2,3)4)20-11-12-26-27-20/h9-12,15-16,22H,7-8,13-14H2,1-6H3,(H,26,27). The number of nitrogens with zero attached hydrogens (tertiary/aromatic N) is 3. The molecule has 0 radical (unpaired) electrons. The number of hydrogen-bond acceptors (Lipinski definition) is 4. The zero-order valence-corrected chi connectivity index (χ0v) is 19.9. The third-order valence-corrected chi connectivity index (χ3v) is 5.87. The molecule has 3 rings (SSSR count). The smallest absolute Gasteiger partial charge is 0.257 e. The molecule has 0 bridgehead atoms. The molecule has 2 aromatic heterocycles. The number of unbranched alkanes of at least 4 members (excludes halogenated alkanes) is 1. The number of hydrogen-bond donors (Lipinski definition) is 1. The molecule has 0 aliphatic rings. The summed E-state index contributed by atoms with van der Waals surface area (Å²) in [6.45, 7) is 9.43. The molecular formula is C25H34N4O3. The highest BCUT2D eigenvalue weighted by atomic mass is 16.3. The number of rotatable bonds is 8. The van der Waals surface area contributed by atoms with Crippen molar-refractivity contribution < 1.29 is 14.0 Å². The predicted molar refractivity (Wildman–Crippen MR) is 126 cm³/mol. The molecule has 1 unspecified atom stereocenters. The largest absolute Gasteiger partial charge is 0.463 e. The molecule has 0 aliphatic carbocycles. The fraction of sp³-hybridized carbons (Fsp3) is 0.480. The van der Waals surface area contributed by atoms with Gasteiger partial charge < -0.3 is 14.2 Å². The molecule has 0 spiro atoms. The number of H-pyrrole nitrogens is 1. The summed E-state index contributed by atoms with van der Waals surface area (Å²) in [5.41, 5.74) is 3.02. The predicted octanol–water partition coefficient (Wildman–Crippen LogP) is 4.60. The SMILES string of the molecule is Cc1ccc2c(C(=O)N(C)CCCCN(C)C(=O)C(c3ccn[nH]3)C(C)(C)C)coc2c1. The normalized spacial score (nSPS) is 12.7. The van der Waals surface area contributed by atoms with E-state index in [1.165, 1.54) is 6.26 Å². The number of amides is 2. The molecule has 1 atom stereocenters. The van der Waals surface area contributed by atoms with E-state index in [9.17, 15) is 9.59 Å². The second-order valence-electron chi connectivity index (χ2n) is 9.65. The third-order valence-electron chi connectivity index (χ3n) is 5.87. The van der Waals surface area contributed by atoms with Gasteiger partial charge in [-0.2, -0.15) is 5.10 Å². The number of carbonyl (C=O) groups is 2. The van der Waals surface area contributed by atoms with E-state index >= 15 is 0 Å². The molecule has 172 valence electrons. The van der Waals surface area contributed by atoms with Crippen LogP contribution >= 0.6 is 0 Å². The van der Waals surface area contributed by atoms with Gasteiger partial charge in [-0.05, 0) is 42.9 Å². The van der Waals surface area contributed by atoms with Gasteiger partial charge in [0.25, 0.3) is 5.91 Å². The number of aromatic nitrogens is 2. The van der Waals surface area contributed by atoms with Crippen molar-refractivity contribution in [2.45, 2.75) is 46.5 Å². The van der Waals surface area contributed by atoms with Gasteiger partial charge in [0.05, 0.1) is 11.5 Å². The summed E-state index contributed by atoms with van der Waals surface area (Å²) in [6, 6.07) is 7.72. The van der Waals surface area contributed by atoms with Gasteiger partial charge in [-0.15, -0.1) is 0 Å². The lowest BCUT2D eigenvalue weighted by atomic mass is 9.78. The van der Waals surface area contributed by atoms with E-state index in [0.29, 0.717) is 18.7 Å². The van der Waals surface area contributed by atoms with Gasteiger partial charge in [0, 0.05) is 44.5 Å². The minimum Gasteiger partial charge on any atom is -0.463 e. The van der Waals surface area contributed by atoms with Gasteiger partial charge in [-0.25, -0.2) is 0 Å². The van der Waals surface area contributed by atoms with Crippen LogP contribution in [0.1, 0.15) is 61.1 Å². The highest BCUT2D eigenvalue weighted by molar-refractivity contribution is 6.05. The average molecular weight is 439 g/mol. The number of aromatic amines is 1. The molecule has 0 fully saturated rings. The first kappa shape index (κ1) is 23.6. The van der Waals surface area contributed by atoms with E-state index in [1.807, 2.05) is 38.2 Å². The van der Waals surface area contributed by atoms with Crippen LogP contribution in [-0.2, 0) is 4.79 Å². The van der Waals surface area contributed by atoms with Crippen molar-refractivity contribution in [3.8, 4) is 0 Å². The fourth-order valence-electron chi connectivity index (χ4n) is 4.03. The molecule has 7 heteroatoms. The Bertz CT molecular complexity index is 1060. The number of furan rings is 1. The molecule has 0 aliphatic heterocycles. The summed E-state index contributed by atoms with van der Waals surface area (Å²) in [7, 11) is 3.64. The molecule has 0 saturated heterocycles. The van der Waals surface area contributed by atoms with Crippen molar-refractivity contribution in [3.05, 3.63) is 53.5 Å². The van der Waals surface area contributed by atoms with Gasteiger partial charge in [0.15, 0.2) is 0 Å². The van der Waals surface area contributed by atoms with E-state index < -0.39 is 0 Å². The van der Waals surface area contributed by atoms with Crippen LogP contribution in [0.4, 0.5) is 0 Å². The molecule has 7 nitrogen and oxygen atoms in total. The Morgan fingerprint density at radius 1 is 1.09 bits per heavy atom. The van der Waals surface area contributed by atoms with Crippen molar-refractivity contribution in [1.29, 1.82) is 0 Å². The fourth-order valence-corrected chi connectivity index (χ4v) is 4.03. The Balaban J connectivity index is 1.52. The number of nitrogens with one attached hydrogen (secondary N) is 1. The van der Waals surface area contributed by atoms with Crippen LogP contribution in [-0.4, -0.2) is 59.0 Å². The van der Waals surface area contributed by atoms with Crippen LogP contribution in [0, 0.1) is 12.3 Å². The Labute approximate surface area is 189 Å². The monoisotopic (exact) mass is 438 g/mol. The van der Waals surface area contributed by atoms with Gasteiger partial charge in [0.2, 0.25) is 5.91 Å². The summed E-state index contributed by atoms with van der Waals surface area (Å²) >= 11 is 0. The first-order valence-corrected chi connectivity index (χ1v) is 11.1. The second-order valence-corrected chi connectivity index (χ2v) is 9.65. The Kier molecular flexibility index (Phi) is 7.06. The summed E-state index contributed by atoms with van der Waals surface area (Å²) in [5, 5.41) is 7.81. The number of carbonyl (C=O) groups excluding carboxylic acids is 2. The summed E-state index contributed by atoms with van der Waals surface area (Å²) in [6.07, 6.45) is 4.83. The van der Waals surface area contributed by atoms with E-state index in [2.05, 4.69) is 31.0 Å². The van der Waals surface area contributed by atoms with Gasteiger partial charge in [0.1, 0.15) is 11.8 Å². The minimum atomic E-state index is -0.280. The molecule has 32 heavy (non-hydrogen) atoms. The summed E-state index contributed by atoms with van der Waals surface area (Å²) in [4.78, 5) is 29.5. The Hall–Kier alpha value is -3.09. The van der Waals surface area contributed by atoms with Crippen LogP contribution in [0.15, 0.2) is 41.1 Å². The zero-order chi connectivity index (χ0) is 23.5. The first-order chi connectivity index (χ1) is 15.1. The quantitative estimate of drug-likeness (QED) is 0.521. The van der Waals surface area contributed by atoms with Crippen LogP contribution in [0.25, 0.3) is 11.0 Å². The molecule has 1 N–H and O–H groups in total. The lowest BCUT2D eigenvalue weighted by molar-refractivity contribution is -0.134. The van der Waals surface area contributed by atoms with Crippen molar-refractivity contribution in [1.82, 2.24) is 20.0 Å². The number of likely N-dealkylation sites (N-methyl/N-ethyl adjacent to an activating group) is 1. The Morgan fingerprint density at radius 2 is 1.78 bits per heavy atom. The van der Waals surface area contributed by atoms with Crippen molar-refractivity contribution >= 4 is 22.8 Å². The summed E-state index contributed by atoms with van der Waals surface area (Å²) in [5.74, 6) is -0.257. The van der Waals surface area contributed by atoms with Crippen LogP contribution < -0.4 is 0 Å². The molecular weight excluding hydrogens is 404 g/mol. The number of benzene rings is 1. The first-order valence-electron chi connectivity index (χ1n) is 11.1. The topological polar surface area (TPSA) is 82.4 Å². The maximum absolute atomic E-state index is 13.1. The van der Waals surface area contributed by atoms with Gasteiger partial charge in [-0.1, -0.05) is 32.9 Å². The zero-order valence-electron chi connectivity index (χ0n) is 19.9. The maximum atomic E-state index is 13.1. The summed E-state index contributed by atoms with van der Waals surface area (Å²) < 4.78 is 5.57. The molecule has 2 amide bonds. The lowest BCUT2D eigenvalue weighted by Gasteiger charge is -2.32. The van der Waals surface area contributed by atoms with E-state index in [4.69, 9.17) is 4.42 Å². The van der Waals surface area contributed by atoms with E-state index in [-0.39, 0.29) is 23.1 Å². The minimum absolute atomic E-state index is 0.0518. The lowest BCUT2D eigenvalue weighted by Crippen LogP contribution is -2.38. The molecule has 1 aromatic carbocycles. The molecule has 3 aromatic rings. The maximum Gasteiger partial charge on any atom is 0.257 e. The Morgan fingerprint density at radius 3 is 2.41 bits per heavy atom. The highest BCUT2D eigenvalue weighted by Crippen LogP contribution is 2.35. The average Bonchev–Trinajstić information content (AvgIpc) is 3.39. The van der Waals surface area contributed by atoms with Crippen molar-refractivity contribution in [3.63, 3.8) is 0 Å². The molecule has 0 saturated carbocycles. The number of aryl methyl sites for hydroxylation is 1. The van der Waals surface area contributed by atoms with Crippen LogP contribution in [0.5, 0.6) is 0 Å². The van der Waals surface area contributed by atoms with Crippen LogP contribution in [0.2, 0.25) is 0 Å². The van der Waals surface area contributed by atoms with Crippen LogP contribution in [0.3, 0.4) is 0 Å². The second kappa shape index (κ2) is 9.59. The van der Waals surface area contributed by atoms with Crippen molar-refractivity contribution in [2.75, 3.05) is 27.2 Å². The molecule has 2 heterocycles. The van der Waals surface area contributed by atoms with E-state index in [0.717, 1.165) is 35.1 Å². The van der Waals surface area contributed by atoms with Gasteiger partial charge in [-0.3, -0.25) is 14.7 Å². The van der Waals surface area contributed by atoms with Crippen molar-refractivity contribution in [2.24, 2.45) is 5.41 Å². The number of fused-ring (bicyclic) bond motifs is 1.